The summed E-state index contributed by atoms with van der Waals surface area (Å²) in [6.45, 7) is 1.57. The third kappa shape index (κ3) is 3.81. The van der Waals surface area contributed by atoms with Gasteiger partial charge in [-0.2, -0.15) is 4.98 Å². The van der Waals surface area contributed by atoms with Gasteiger partial charge in [-0.25, -0.2) is 9.97 Å². The van der Waals surface area contributed by atoms with Gasteiger partial charge in [0.25, 0.3) is 0 Å². The summed E-state index contributed by atoms with van der Waals surface area (Å²) in [6, 6.07) is 4.03. The number of hydrogen-bond acceptors (Lipinski definition) is 8. The number of anilines is 3. The van der Waals surface area contributed by atoms with Crippen LogP contribution in [-0.2, 0) is 4.79 Å². The maximum atomic E-state index is 11.3. The van der Waals surface area contributed by atoms with E-state index in [1.165, 1.54) is 0 Å². The number of hydrogen-bond donors (Lipinski definition) is 2. The van der Waals surface area contributed by atoms with Gasteiger partial charge in [0, 0.05) is 31.4 Å². The summed E-state index contributed by atoms with van der Waals surface area (Å²) in [5.41, 5.74) is 0.629. The molecule has 148 valence electrons. The zero-order valence-electron chi connectivity index (χ0n) is 15.2. The van der Waals surface area contributed by atoms with Crippen molar-refractivity contribution < 1.29 is 14.6 Å². The summed E-state index contributed by atoms with van der Waals surface area (Å²) in [5.74, 6) is 1.52. The van der Waals surface area contributed by atoms with Crippen LogP contribution in [0.4, 0.5) is 17.5 Å². The molecule has 2 aromatic rings. The van der Waals surface area contributed by atoms with Crippen molar-refractivity contribution in [2.45, 2.75) is 24.9 Å². The smallest absolute Gasteiger partial charge is 0.232 e. The van der Waals surface area contributed by atoms with Crippen LogP contribution in [0.5, 0.6) is 5.88 Å². The first-order chi connectivity index (χ1) is 13.7. The molecule has 2 bridgehead atoms. The average molecular weight is 405 g/mol. The van der Waals surface area contributed by atoms with E-state index in [1.807, 2.05) is 11.0 Å². The second-order valence-electron chi connectivity index (χ2n) is 6.79. The number of amides is 1. The SMILES string of the molecule is O=CN1C2CC[C@@H]1CN(c1ccnc(Nc3cnc(OCCO)c(Cl)c3)n1)C2. The Labute approximate surface area is 167 Å². The molecule has 0 spiro atoms. The highest BCUT2D eigenvalue weighted by atomic mass is 35.5. The maximum absolute atomic E-state index is 11.3. The van der Waals surface area contributed by atoms with Crippen LogP contribution in [0.15, 0.2) is 24.5 Å². The Hall–Kier alpha value is -2.65. The third-order valence-corrected chi connectivity index (χ3v) is 5.29. The number of rotatable bonds is 7. The van der Waals surface area contributed by atoms with Crippen molar-refractivity contribution in [2.75, 3.05) is 36.5 Å². The highest BCUT2D eigenvalue weighted by Crippen LogP contribution is 2.31. The molecule has 2 aliphatic rings. The molecule has 4 heterocycles. The first kappa shape index (κ1) is 18.7. The zero-order chi connectivity index (χ0) is 19.5. The van der Waals surface area contributed by atoms with E-state index in [9.17, 15) is 4.79 Å². The number of nitrogens with zero attached hydrogens (tertiary/aromatic N) is 5. The second kappa shape index (κ2) is 8.15. The van der Waals surface area contributed by atoms with Crippen molar-refractivity contribution in [1.82, 2.24) is 19.9 Å². The fourth-order valence-electron chi connectivity index (χ4n) is 3.75. The standard InChI is InChI=1S/C18H21ClN6O3/c19-15-7-12(8-21-17(15)28-6-5-26)22-18-20-4-3-16(23-18)24-9-13-1-2-14(10-24)25(13)11-27/h3-4,7-8,11,13-14,26H,1-2,5-6,9-10H2,(H,20,22,23)/t13-,14?/m1/s1. The van der Waals surface area contributed by atoms with E-state index in [0.29, 0.717) is 16.7 Å². The summed E-state index contributed by atoms with van der Waals surface area (Å²) in [6.07, 6.45) is 6.30. The molecule has 2 atom stereocenters. The quantitative estimate of drug-likeness (QED) is 0.668. The van der Waals surface area contributed by atoms with Crippen molar-refractivity contribution in [3.8, 4) is 5.88 Å². The number of piperazine rings is 1. The minimum absolute atomic E-state index is 0.110. The number of aliphatic hydroxyl groups is 1. The lowest BCUT2D eigenvalue weighted by Gasteiger charge is -2.39. The van der Waals surface area contributed by atoms with Crippen LogP contribution in [0.1, 0.15) is 12.8 Å². The Morgan fingerprint density at radius 3 is 2.79 bits per heavy atom. The number of aromatic nitrogens is 3. The second-order valence-corrected chi connectivity index (χ2v) is 7.20. The van der Waals surface area contributed by atoms with Crippen molar-refractivity contribution in [3.05, 3.63) is 29.5 Å². The first-order valence-electron chi connectivity index (χ1n) is 9.15. The highest BCUT2D eigenvalue weighted by molar-refractivity contribution is 6.32. The molecule has 2 fully saturated rings. The van der Waals surface area contributed by atoms with E-state index in [4.69, 9.17) is 21.4 Å². The summed E-state index contributed by atoms with van der Waals surface area (Å²) >= 11 is 6.16. The summed E-state index contributed by atoms with van der Waals surface area (Å²) in [7, 11) is 0. The number of halogens is 1. The fourth-order valence-corrected chi connectivity index (χ4v) is 3.97. The van der Waals surface area contributed by atoms with Crippen LogP contribution in [-0.4, -0.2) is 69.8 Å². The number of nitrogens with one attached hydrogen (secondary N) is 1. The molecule has 1 unspecified atom stereocenters. The lowest BCUT2D eigenvalue weighted by molar-refractivity contribution is -0.121. The highest BCUT2D eigenvalue weighted by Gasteiger charge is 2.39. The van der Waals surface area contributed by atoms with E-state index >= 15 is 0 Å². The molecule has 1 amide bonds. The normalized spacial score (nSPS) is 20.9. The molecule has 4 rings (SSSR count). The summed E-state index contributed by atoms with van der Waals surface area (Å²) < 4.78 is 5.25. The molecule has 2 aliphatic heterocycles. The Morgan fingerprint density at radius 2 is 2.11 bits per heavy atom. The summed E-state index contributed by atoms with van der Waals surface area (Å²) in [4.78, 5) is 28.4. The molecular weight excluding hydrogens is 384 g/mol. The van der Waals surface area contributed by atoms with Crippen molar-refractivity contribution >= 4 is 35.5 Å². The number of carbonyl (C=O) groups excluding carboxylic acids is 1. The lowest BCUT2D eigenvalue weighted by atomic mass is 10.2. The molecule has 0 aromatic carbocycles. The minimum Gasteiger partial charge on any atom is -0.474 e. The van der Waals surface area contributed by atoms with Crippen molar-refractivity contribution in [1.29, 1.82) is 0 Å². The lowest BCUT2D eigenvalue weighted by Crippen LogP contribution is -2.53. The number of fused-ring (bicyclic) bond motifs is 2. The zero-order valence-corrected chi connectivity index (χ0v) is 15.9. The Balaban J connectivity index is 1.46. The van der Waals surface area contributed by atoms with E-state index in [-0.39, 0.29) is 31.2 Å². The van der Waals surface area contributed by atoms with E-state index < -0.39 is 0 Å². The topological polar surface area (TPSA) is 104 Å². The Bertz CT molecular complexity index is 840. The number of ether oxygens (including phenoxy) is 1. The van der Waals surface area contributed by atoms with Crippen LogP contribution >= 0.6 is 11.6 Å². The minimum atomic E-state index is -0.110. The maximum Gasteiger partial charge on any atom is 0.232 e. The molecule has 0 saturated carbocycles. The largest absolute Gasteiger partial charge is 0.474 e. The molecule has 2 saturated heterocycles. The summed E-state index contributed by atoms with van der Waals surface area (Å²) in [5, 5.41) is 12.2. The molecule has 0 radical (unpaired) electrons. The molecule has 10 heteroatoms. The van der Waals surface area contributed by atoms with Gasteiger partial charge in [0.05, 0.1) is 18.5 Å². The van der Waals surface area contributed by atoms with Crippen LogP contribution in [0, 0.1) is 0 Å². The van der Waals surface area contributed by atoms with Crippen LogP contribution in [0.3, 0.4) is 0 Å². The monoisotopic (exact) mass is 404 g/mol. The van der Waals surface area contributed by atoms with Crippen LogP contribution in [0.25, 0.3) is 0 Å². The Kier molecular flexibility index (Phi) is 5.45. The fraction of sp³-hybridized carbons (Fsp3) is 0.444. The number of pyridine rings is 1. The first-order valence-corrected chi connectivity index (χ1v) is 9.52. The van der Waals surface area contributed by atoms with E-state index in [1.54, 1.807) is 18.5 Å². The van der Waals surface area contributed by atoms with Crippen molar-refractivity contribution in [3.63, 3.8) is 0 Å². The third-order valence-electron chi connectivity index (χ3n) is 5.02. The van der Waals surface area contributed by atoms with E-state index in [0.717, 1.165) is 38.2 Å². The average Bonchev–Trinajstić information content (AvgIpc) is 2.95. The Morgan fingerprint density at radius 1 is 1.32 bits per heavy atom. The predicted molar refractivity (Wildman–Crippen MR) is 104 cm³/mol. The molecule has 2 aromatic heterocycles. The van der Waals surface area contributed by atoms with Gasteiger partial charge in [0.2, 0.25) is 18.2 Å². The van der Waals surface area contributed by atoms with Crippen molar-refractivity contribution in [2.24, 2.45) is 0 Å². The number of carbonyl (C=O) groups is 1. The van der Waals surface area contributed by atoms with Gasteiger partial charge in [-0.3, -0.25) is 4.79 Å². The van der Waals surface area contributed by atoms with Gasteiger partial charge < -0.3 is 25.0 Å². The number of aliphatic hydroxyl groups excluding tert-OH is 1. The molecule has 9 nitrogen and oxygen atoms in total. The van der Waals surface area contributed by atoms with Gasteiger partial charge in [-0.15, -0.1) is 0 Å². The van der Waals surface area contributed by atoms with E-state index in [2.05, 4.69) is 25.2 Å². The predicted octanol–water partition coefficient (Wildman–Crippen LogP) is 1.45. The van der Waals surface area contributed by atoms with Crippen LogP contribution < -0.4 is 15.0 Å². The molecule has 28 heavy (non-hydrogen) atoms. The van der Waals surface area contributed by atoms with Gasteiger partial charge in [-0.05, 0) is 25.0 Å². The van der Waals surface area contributed by atoms with Crippen LogP contribution in [0.2, 0.25) is 5.02 Å². The van der Waals surface area contributed by atoms with Gasteiger partial charge in [0.1, 0.15) is 17.4 Å². The molecule has 2 N–H and O–H groups in total. The van der Waals surface area contributed by atoms with Gasteiger partial charge >= 0.3 is 0 Å². The van der Waals surface area contributed by atoms with Gasteiger partial charge in [-0.1, -0.05) is 11.6 Å². The van der Waals surface area contributed by atoms with Gasteiger partial charge in [0.15, 0.2) is 0 Å². The molecule has 0 aliphatic carbocycles. The molecular formula is C18H21ClN6O3.